The van der Waals surface area contributed by atoms with Gasteiger partial charge < -0.3 is 14.4 Å². The van der Waals surface area contributed by atoms with Crippen molar-refractivity contribution in [2.24, 2.45) is 0 Å². The summed E-state index contributed by atoms with van der Waals surface area (Å²) in [4.78, 5) is 40.9. The van der Waals surface area contributed by atoms with E-state index in [1.165, 1.54) is 29.9 Å². The van der Waals surface area contributed by atoms with Gasteiger partial charge >= 0.3 is 0 Å². The van der Waals surface area contributed by atoms with Crippen molar-refractivity contribution >= 4 is 51.5 Å². The average molecular weight is 650 g/mol. The molecule has 8 nitrogen and oxygen atoms in total. The first-order valence-corrected chi connectivity index (χ1v) is 16.9. The summed E-state index contributed by atoms with van der Waals surface area (Å²) >= 11 is 15.2. The summed E-state index contributed by atoms with van der Waals surface area (Å²) in [5, 5.41) is 5.96. The number of hydrogen-bond acceptors (Lipinski definition) is 6. The minimum atomic E-state index is -0.952. The van der Waals surface area contributed by atoms with Gasteiger partial charge in [-0.2, -0.15) is 0 Å². The molecule has 1 atom stereocenters. The van der Waals surface area contributed by atoms with Crippen LogP contribution >= 0.6 is 34.5 Å². The fourth-order valence-corrected chi connectivity index (χ4v) is 8.15. The minimum Gasteiger partial charge on any atom is -0.334 e. The van der Waals surface area contributed by atoms with Gasteiger partial charge in [-0.1, -0.05) is 54.4 Å². The molecule has 0 saturated carbocycles. The number of imidazole rings is 1. The third-order valence-electron chi connectivity index (χ3n) is 9.21. The number of piperidine rings is 1. The first-order chi connectivity index (χ1) is 21.4. The summed E-state index contributed by atoms with van der Waals surface area (Å²) in [6.07, 6.45) is 8.66. The van der Waals surface area contributed by atoms with Crippen LogP contribution in [0.4, 0.5) is 5.13 Å². The van der Waals surface area contributed by atoms with Crippen molar-refractivity contribution in [2.75, 3.05) is 25.0 Å². The minimum absolute atomic E-state index is 0.158. The van der Waals surface area contributed by atoms with Gasteiger partial charge in [0.2, 0.25) is 0 Å². The highest BCUT2D eigenvalue weighted by Crippen LogP contribution is 2.44. The number of carbonyl (C=O) groups is 2. The molecule has 1 unspecified atom stereocenters. The molecule has 0 radical (unpaired) electrons. The molecule has 11 heteroatoms. The Labute approximate surface area is 271 Å². The lowest BCUT2D eigenvalue weighted by molar-refractivity contribution is -0.121. The number of aryl methyl sites for hydroxylation is 1. The highest BCUT2D eigenvalue weighted by molar-refractivity contribution is 7.13. The van der Waals surface area contributed by atoms with Gasteiger partial charge in [0.25, 0.3) is 11.8 Å². The normalized spacial score (nSPS) is 17.6. The number of amides is 2. The zero-order valence-electron chi connectivity index (χ0n) is 24.6. The predicted molar refractivity (Wildman–Crippen MR) is 175 cm³/mol. The van der Waals surface area contributed by atoms with Crippen molar-refractivity contribution in [1.29, 1.82) is 0 Å². The molecule has 1 saturated heterocycles. The number of carbonyl (C=O) groups excluding carboxylic acids is 2. The number of anilines is 1. The van der Waals surface area contributed by atoms with Gasteiger partial charge in [0.1, 0.15) is 0 Å². The van der Waals surface area contributed by atoms with Crippen LogP contribution in [0, 0.1) is 0 Å². The molecule has 228 valence electrons. The van der Waals surface area contributed by atoms with Crippen LogP contribution in [0.3, 0.4) is 0 Å². The van der Waals surface area contributed by atoms with E-state index in [4.69, 9.17) is 23.2 Å². The smallest absolute Gasteiger partial charge is 0.257 e. The Kier molecular flexibility index (Phi) is 8.22. The van der Waals surface area contributed by atoms with Crippen molar-refractivity contribution in [1.82, 2.24) is 24.3 Å². The van der Waals surface area contributed by atoms with Gasteiger partial charge in [-0.25, -0.2) is 9.97 Å². The number of nitrogens with one attached hydrogen (secondary N) is 1. The van der Waals surface area contributed by atoms with Gasteiger partial charge in [0, 0.05) is 46.5 Å². The first kappa shape index (κ1) is 29.5. The fraction of sp³-hybridized carbons (Fsp3) is 0.394. The van der Waals surface area contributed by atoms with Crippen LogP contribution in [0.5, 0.6) is 0 Å². The Morgan fingerprint density at radius 3 is 2.66 bits per heavy atom. The van der Waals surface area contributed by atoms with E-state index in [-0.39, 0.29) is 18.4 Å². The zero-order chi connectivity index (χ0) is 30.4. The van der Waals surface area contributed by atoms with E-state index in [1.807, 2.05) is 6.07 Å². The third-order valence-corrected chi connectivity index (χ3v) is 10.6. The van der Waals surface area contributed by atoms with E-state index >= 15 is 0 Å². The quantitative estimate of drug-likeness (QED) is 0.219. The van der Waals surface area contributed by atoms with Crippen LogP contribution in [0.15, 0.2) is 48.2 Å². The Bertz CT molecular complexity index is 1700. The van der Waals surface area contributed by atoms with Crippen LogP contribution in [-0.2, 0) is 24.3 Å². The van der Waals surface area contributed by atoms with Crippen LogP contribution in [0.25, 0.3) is 11.1 Å². The van der Waals surface area contributed by atoms with Crippen LogP contribution < -0.4 is 5.32 Å². The SMILES string of the molecule is CCCN1CCC(c2ccc(-c3cc(Cl)c4c(c3Cl)C(=O)N(C(C(=O)Nc3nccs3)c3ncn5c3CCC5)C4)cc2)CC1. The molecule has 3 aliphatic heterocycles. The maximum atomic E-state index is 14.2. The first-order valence-electron chi connectivity index (χ1n) is 15.3. The number of hydrogen-bond donors (Lipinski definition) is 1. The Hall–Kier alpha value is -3.24. The lowest BCUT2D eigenvalue weighted by atomic mass is 9.88. The Morgan fingerprint density at radius 2 is 1.93 bits per heavy atom. The summed E-state index contributed by atoms with van der Waals surface area (Å²) in [5.74, 6) is -0.149. The molecule has 4 aromatic rings. The number of likely N-dealkylation sites (tertiary alicyclic amines) is 1. The maximum absolute atomic E-state index is 14.2. The summed E-state index contributed by atoms with van der Waals surface area (Å²) in [7, 11) is 0. The molecule has 2 aromatic carbocycles. The summed E-state index contributed by atoms with van der Waals surface area (Å²) in [6, 6.07) is 9.41. The molecule has 7 rings (SSSR count). The van der Waals surface area contributed by atoms with Crippen LogP contribution in [0.2, 0.25) is 10.0 Å². The molecule has 3 aliphatic rings. The van der Waals surface area contributed by atoms with Crippen molar-refractivity contribution in [3.05, 3.63) is 86.4 Å². The number of nitrogens with zero attached hydrogens (tertiary/aromatic N) is 5. The second kappa shape index (κ2) is 12.3. The van der Waals surface area contributed by atoms with Crippen molar-refractivity contribution < 1.29 is 9.59 Å². The number of halogens is 2. The largest absolute Gasteiger partial charge is 0.334 e. The molecular weight excluding hydrogens is 615 g/mol. The van der Waals surface area contributed by atoms with E-state index in [2.05, 4.69) is 55.9 Å². The van der Waals surface area contributed by atoms with E-state index in [0.717, 1.165) is 56.6 Å². The van der Waals surface area contributed by atoms with Crippen molar-refractivity contribution in [3.63, 3.8) is 0 Å². The van der Waals surface area contributed by atoms with Crippen molar-refractivity contribution in [2.45, 2.75) is 64.1 Å². The average Bonchev–Trinajstić information content (AvgIpc) is 3.83. The van der Waals surface area contributed by atoms with E-state index in [0.29, 0.717) is 43.5 Å². The van der Waals surface area contributed by atoms with Crippen LogP contribution in [-0.4, -0.2) is 55.8 Å². The highest BCUT2D eigenvalue weighted by atomic mass is 35.5. The molecule has 44 heavy (non-hydrogen) atoms. The number of benzene rings is 2. The lowest BCUT2D eigenvalue weighted by Crippen LogP contribution is -2.38. The van der Waals surface area contributed by atoms with Crippen LogP contribution in [0.1, 0.15) is 77.4 Å². The van der Waals surface area contributed by atoms with Gasteiger partial charge in [0.15, 0.2) is 11.2 Å². The number of fused-ring (bicyclic) bond motifs is 2. The molecular formula is C33H34Cl2N6O2S. The fourth-order valence-electron chi connectivity index (χ4n) is 6.99. The monoisotopic (exact) mass is 648 g/mol. The molecule has 1 fully saturated rings. The molecule has 1 N–H and O–H groups in total. The number of rotatable bonds is 8. The maximum Gasteiger partial charge on any atom is 0.257 e. The summed E-state index contributed by atoms with van der Waals surface area (Å²) in [5.41, 5.74) is 5.48. The predicted octanol–water partition coefficient (Wildman–Crippen LogP) is 7.18. The second-order valence-electron chi connectivity index (χ2n) is 11.8. The van der Waals surface area contributed by atoms with Gasteiger partial charge in [-0.15, -0.1) is 11.3 Å². The van der Waals surface area contributed by atoms with E-state index in [1.54, 1.807) is 22.8 Å². The van der Waals surface area contributed by atoms with Gasteiger partial charge in [0.05, 0.1) is 22.6 Å². The summed E-state index contributed by atoms with van der Waals surface area (Å²) < 4.78 is 2.06. The molecule has 2 amide bonds. The molecule has 2 aromatic heterocycles. The molecule has 0 bridgehead atoms. The highest BCUT2D eigenvalue weighted by Gasteiger charge is 2.43. The zero-order valence-corrected chi connectivity index (χ0v) is 26.9. The third kappa shape index (κ3) is 5.34. The number of aromatic nitrogens is 3. The van der Waals surface area contributed by atoms with Gasteiger partial charge in [-0.05, 0) is 74.8 Å². The van der Waals surface area contributed by atoms with E-state index in [9.17, 15) is 9.59 Å². The molecule has 5 heterocycles. The molecule has 0 spiro atoms. The van der Waals surface area contributed by atoms with E-state index < -0.39 is 6.04 Å². The second-order valence-corrected chi connectivity index (χ2v) is 13.5. The lowest BCUT2D eigenvalue weighted by Gasteiger charge is -2.32. The molecule has 0 aliphatic carbocycles. The number of thiazole rings is 1. The van der Waals surface area contributed by atoms with Crippen molar-refractivity contribution in [3.8, 4) is 11.1 Å². The van der Waals surface area contributed by atoms with Gasteiger partial charge in [-0.3, -0.25) is 14.9 Å². The Balaban J connectivity index is 1.18. The topological polar surface area (TPSA) is 83.4 Å². The summed E-state index contributed by atoms with van der Waals surface area (Å²) in [6.45, 7) is 6.67. The Morgan fingerprint density at radius 1 is 1.14 bits per heavy atom. The standard InChI is InChI=1S/C33H34Cl2N6O2S/c1-2-12-39-14-9-21(10-15-39)20-5-7-22(8-6-20)23-17-25(34)24-18-41(32(43)27(24)28(23)35)30(31(42)38-33-36-11-16-44-33)29-26-4-3-13-40(26)19-37-29/h5-8,11,16-17,19,21,30H,2-4,9-10,12-15,18H2,1H3,(H,36,38,42).